The molecule has 1 aromatic carbocycles. The fourth-order valence-electron chi connectivity index (χ4n) is 2.99. The van der Waals surface area contributed by atoms with Crippen molar-refractivity contribution >= 4 is 34.6 Å². The van der Waals surface area contributed by atoms with Crippen LogP contribution in [0.4, 0.5) is 16.2 Å². The third-order valence-electron chi connectivity index (χ3n) is 4.31. The van der Waals surface area contributed by atoms with Crippen molar-refractivity contribution in [1.29, 1.82) is 0 Å². The quantitative estimate of drug-likeness (QED) is 0.833. The molecule has 0 saturated carbocycles. The summed E-state index contributed by atoms with van der Waals surface area (Å²) in [7, 11) is 0. The Hall–Kier alpha value is -2.34. The van der Waals surface area contributed by atoms with Gasteiger partial charge in [0.2, 0.25) is 5.91 Å². The van der Waals surface area contributed by atoms with Crippen molar-refractivity contribution in [2.75, 3.05) is 16.8 Å². The first kappa shape index (κ1) is 17.5. The summed E-state index contributed by atoms with van der Waals surface area (Å²) >= 11 is 1.64. The second-order valence-electron chi connectivity index (χ2n) is 6.53. The lowest BCUT2D eigenvalue weighted by Crippen LogP contribution is -2.34. The third-order valence-corrected chi connectivity index (χ3v) is 5.27. The van der Waals surface area contributed by atoms with Crippen LogP contribution in [0.15, 0.2) is 41.8 Å². The van der Waals surface area contributed by atoms with Gasteiger partial charge in [0.25, 0.3) is 0 Å². The standard InChI is InChI=1S/C19H23N3O2S/c1-13(2)18(16-5-4-12-25-16)21-19(24)20-14-7-9-15(10-8-14)22-11-3-6-17(22)23/h4-5,7-10,12-13,18H,3,6,11H2,1-2H3,(H2,20,21,24)/t18-/m1/s1. The van der Waals surface area contributed by atoms with E-state index in [0.717, 1.165) is 23.5 Å². The number of amides is 3. The van der Waals surface area contributed by atoms with Crippen LogP contribution in [-0.2, 0) is 4.79 Å². The summed E-state index contributed by atoms with van der Waals surface area (Å²) in [5, 5.41) is 7.93. The molecule has 132 valence electrons. The van der Waals surface area contributed by atoms with E-state index in [1.165, 1.54) is 0 Å². The number of anilines is 2. The Labute approximate surface area is 152 Å². The number of thiophene rings is 1. The molecule has 2 N–H and O–H groups in total. The van der Waals surface area contributed by atoms with Crippen molar-refractivity contribution < 1.29 is 9.59 Å². The number of nitrogens with one attached hydrogen (secondary N) is 2. The zero-order valence-corrected chi connectivity index (χ0v) is 15.3. The average molecular weight is 357 g/mol. The second kappa shape index (κ2) is 7.70. The summed E-state index contributed by atoms with van der Waals surface area (Å²) in [4.78, 5) is 27.0. The topological polar surface area (TPSA) is 61.4 Å². The second-order valence-corrected chi connectivity index (χ2v) is 7.51. The summed E-state index contributed by atoms with van der Waals surface area (Å²) in [6, 6.07) is 11.2. The number of hydrogen-bond donors (Lipinski definition) is 2. The predicted molar refractivity (Wildman–Crippen MR) is 102 cm³/mol. The lowest BCUT2D eigenvalue weighted by atomic mass is 10.0. The van der Waals surface area contributed by atoms with Gasteiger partial charge in [0, 0.05) is 29.2 Å². The molecule has 2 heterocycles. The van der Waals surface area contributed by atoms with E-state index in [9.17, 15) is 9.59 Å². The first-order valence-electron chi connectivity index (χ1n) is 8.56. The zero-order valence-electron chi connectivity index (χ0n) is 14.5. The first-order valence-corrected chi connectivity index (χ1v) is 9.44. The number of benzene rings is 1. The van der Waals surface area contributed by atoms with Crippen LogP contribution < -0.4 is 15.5 Å². The number of carbonyl (C=O) groups is 2. The van der Waals surface area contributed by atoms with E-state index in [-0.39, 0.29) is 18.0 Å². The normalized spacial score (nSPS) is 15.5. The van der Waals surface area contributed by atoms with Gasteiger partial charge in [-0.1, -0.05) is 19.9 Å². The molecule has 1 fully saturated rings. The SMILES string of the molecule is CC(C)[C@@H](NC(=O)Nc1ccc(N2CCCC2=O)cc1)c1cccs1. The Balaban J connectivity index is 1.61. The lowest BCUT2D eigenvalue weighted by Gasteiger charge is -2.21. The number of carbonyl (C=O) groups excluding carboxylic acids is 2. The Morgan fingerprint density at radius 2 is 1.96 bits per heavy atom. The molecule has 25 heavy (non-hydrogen) atoms. The Kier molecular flexibility index (Phi) is 5.38. The lowest BCUT2D eigenvalue weighted by molar-refractivity contribution is -0.117. The molecule has 0 radical (unpaired) electrons. The van der Waals surface area contributed by atoms with Crippen LogP contribution in [0, 0.1) is 5.92 Å². The van der Waals surface area contributed by atoms with Gasteiger partial charge in [0.1, 0.15) is 0 Å². The van der Waals surface area contributed by atoms with Crippen LogP contribution in [0.2, 0.25) is 0 Å². The van der Waals surface area contributed by atoms with E-state index in [4.69, 9.17) is 0 Å². The van der Waals surface area contributed by atoms with Crippen LogP contribution in [-0.4, -0.2) is 18.5 Å². The molecule has 0 unspecified atom stereocenters. The van der Waals surface area contributed by atoms with Crippen molar-refractivity contribution in [2.45, 2.75) is 32.7 Å². The van der Waals surface area contributed by atoms with E-state index >= 15 is 0 Å². The Morgan fingerprint density at radius 3 is 2.52 bits per heavy atom. The minimum Gasteiger partial charge on any atom is -0.330 e. The molecule has 5 nitrogen and oxygen atoms in total. The van der Waals surface area contributed by atoms with Crippen molar-refractivity contribution in [3.63, 3.8) is 0 Å². The number of nitrogens with zero attached hydrogens (tertiary/aromatic N) is 1. The molecule has 6 heteroatoms. The molecule has 1 aliphatic rings. The van der Waals surface area contributed by atoms with Gasteiger partial charge in [-0.05, 0) is 48.1 Å². The van der Waals surface area contributed by atoms with Crippen molar-refractivity contribution in [2.24, 2.45) is 5.92 Å². The minimum absolute atomic E-state index is 0.0125. The van der Waals surface area contributed by atoms with E-state index in [1.807, 2.05) is 41.8 Å². The van der Waals surface area contributed by atoms with Gasteiger partial charge in [-0.15, -0.1) is 11.3 Å². The van der Waals surface area contributed by atoms with Crippen LogP contribution >= 0.6 is 11.3 Å². The van der Waals surface area contributed by atoms with E-state index in [0.29, 0.717) is 18.0 Å². The maximum Gasteiger partial charge on any atom is 0.319 e. The van der Waals surface area contributed by atoms with Crippen molar-refractivity contribution in [1.82, 2.24) is 5.32 Å². The molecule has 2 aromatic rings. The smallest absolute Gasteiger partial charge is 0.319 e. The van der Waals surface area contributed by atoms with Gasteiger partial charge < -0.3 is 15.5 Å². The van der Waals surface area contributed by atoms with E-state index in [1.54, 1.807) is 16.2 Å². The Morgan fingerprint density at radius 1 is 1.20 bits per heavy atom. The van der Waals surface area contributed by atoms with Gasteiger partial charge >= 0.3 is 6.03 Å². The van der Waals surface area contributed by atoms with Gasteiger partial charge in [-0.25, -0.2) is 4.79 Å². The molecule has 1 aliphatic heterocycles. The third kappa shape index (κ3) is 4.20. The summed E-state index contributed by atoms with van der Waals surface area (Å²) in [6.07, 6.45) is 1.52. The summed E-state index contributed by atoms with van der Waals surface area (Å²) in [6.45, 7) is 4.95. The van der Waals surface area contributed by atoms with Crippen LogP contribution in [0.3, 0.4) is 0 Å². The summed E-state index contributed by atoms with van der Waals surface area (Å²) < 4.78 is 0. The highest BCUT2D eigenvalue weighted by atomic mass is 32.1. The molecular weight excluding hydrogens is 334 g/mol. The highest BCUT2D eigenvalue weighted by molar-refractivity contribution is 7.10. The van der Waals surface area contributed by atoms with Crippen molar-refractivity contribution in [3.05, 3.63) is 46.7 Å². The molecule has 3 rings (SSSR count). The highest BCUT2D eigenvalue weighted by Crippen LogP contribution is 2.26. The van der Waals surface area contributed by atoms with Crippen LogP contribution in [0.25, 0.3) is 0 Å². The molecule has 1 saturated heterocycles. The highest BCUT2D eigenvalue weighted by Gasteiger charge is 2.22. The fourth-order valence-corrected chi connectivity index (χ4v) is 3.94. The number of hydrogen-bond acceptors (Lipinski definition) is 3. The fraction of sp³-hybridized carbons (Fsp3) is 0.368. The minimum atomic E-state index is -0.225. The van der Waals surface area contributed by atoms with Crippen molar-refractivity contribution in [3.8, 4) is 0 Å². The average Bonchev–Trinajstić information content (AvgIpc) is 3.25. The van der Waals surface area contributed by atoms with E-state index in [2.05, 4.69) is 24.5 Å². The predicted octanol–water partition coefficient (Wildman–Crippen LogP) is 4.39. The van der Waals surface area contributed by atoms with Crippen LogP contribution in [0.5, 0.6) is 0 Å². The van der Waals surface area contributed by atoms with Gasteiger partial charge in [-0.2, -0.15) is 0 Å². The first-order chi connectivity index (χ1) is 12.0. The summed E-state index contributed by atoms with van der Waals surface area (Å²) in [5.41, 5.74) is 1.59. The molecule has 0 bridgehead atoms. The molecule has 3 amide bonds. The molecule has 0 aliphatic carbocycles. The molecule has 1 aromatic heterocycles. The molecule has 1 atom stereocenters. The van der Waals surface area contributed by atoms with Gasteiger partial charge in [-0.3, -0.25) is 4.79 Å². The van der Waals surface area contributed by atoms with Gasteiger partial charge in [0.15, 0.2) is 0 Å². The molecular formula is C19H23N3O2S. The van der Waals surface area contributed by atoms with Crippen LogP contribution in [0.1, 0.15) is 37.6 Å². The van der Waals surface area contributed by atoms with E-state index < -0.39 is 0 Å². The maximum atomic E-state index is 12.3. The number of rotatable bonds is 5. The monoisotopic (exact) mass is 357 g/mol. The number of urea groups is 1. The maximum absolute atomic E-state index is 12.3. The van der Waals surface area contributed by atoms with Gasteiger partial charge in [0.05, 0.1) is 6.04 Å². The zero-order chi connectivity index (χ0) is 17.8. The summed E-state index contributed by atoms with van der Waals surface area (Å²) in [5.74, 6) is 0.460. The Bertz CT molecular complexity index is 726. The molecule has 0 spiro atoms. The largest absolute Gasteiger partial charge is 0.330 e.